The Morgan fingerprint density at radius 3 is 2.60 bits per heavy atom. The van der Waals surface area contributed by atoms with Crippen LogP contribution >= 0.6 is 11.3 Å². The topological polar surface area (TPSA) is 73.8 Å². The summed E-state index contributed by atoms with van der Waals surface area (Å²) in [5.41, 5.74) is 7.53. The van der Waals surface area contributed by atoms with Crippen molar-refractivity contribution in [2.45, 2.75) is 46.1 Å². The molecule has 0 amide bonds. The van der Waals surface area contributed by atoms with Crippen molar-refractivity contribution in [2.75, 3.05) is 5.73 Å². The SMILES string of the molecule is CCCn1nc(C(C)(C)C)cc(-c2csc(N)n2)c1=O. The average molecular weight is 292 g/mol. The van der Waals surface area contributed by atoms with Crippen LogP contribution in [0.2, 0.25) is 0 Å². The van der Waals surface area contributed by atoms with Crippen molar-refractivity contribution in [3.63, 3.8) is 0 Å². The van der Waals surface area contributed by atoms with Crippen molar-refractivity contribution >= 4 is 16.5 Å². The van der Waals surface area contributed by atoms with Crippen molar-refractivity contribution in [3.05, 3.63) is 27.5 Å². The molecule has 2 rings (SSSR count). The first-order valence-corrected chi connectivity index (χ1v) is 7.55. The maximum absolute atomic E-state index is 12.5. The highest BCUT2D eigenvalue weighted by atomic mass is 32.1. The second-order valence-corrected chi connectivity index (χ2v) is 6.68. The van der Waals surface area contributed by atoms with Gasteiger partial charge in [-0.2, -0.15) is 5.10 Å². The Kier molecular flexibility index (Phi) is 3.94. The maximum Gasteiger partial charge on any atom is 0.276 e. The zero-order valence-electron chi connectivity index (χ0n) is 12.3. The van der Waals surface area contributed by atoms with E-state index in [-0.39, 0.29) is 11.0 Å². The van der Waals surface area contributed by atoms with Crippen LogP contribution < -0.4 is 11.3 Å². The van der Waals surface area contributed by atoms with Gasteiger partial charge in [0.25, 0.3) is 5.56 Å². The van der Waals surface area contributed by atoms with E-state index < -0.39 is 0 Å². The van der Waals surface area contributed by atoms with Gasteiger partial charge in [-0.1, -0.05) is 27.7 Å². The Morgan fingerprint density at radius 2 is 2.10 bits per heavy atom. The van der Waals surface area contributed by atoms with E-state index in [2.05, 4.69) is 30.9 Å². The molecular formula is C14H20N4OS. The van der Waals surface area contributed by atoms with E-state index in [0.717, 1.165) is 12.1 Å². The molecule has 108 valence electrons. The Bertz CT molecular complexity index is 667. The van der Waals surface area contributed by atoms with Gasteiger partial charge in [0.15, 0.2) is 5.13 Å². The van der Waals surface area contributed by atoms with Crippen LogP contribution in [-0.2, 0) is 12.0 Å². The van der Waals surface area contributed by atoms with Crippen LogP contribution in [0.1, 0.15) is 39.8 Å². The lowest BCUT2D eigenvalue weighted by Crippen LogP contribution is -2.29. The molecule has 0 aliphatic heterocycles. The zero-order chi connectivity index (χ0) is 14.9. The fourth-order valence-electron chi connectivity index (χ4n) is 1.87. The van der Waals surface area contributed by atoms with Gasteiger partial charge in [0, 0.05) is 17.3 Å². The lowest BCUT2D eigenvalue weighted by atomic mass is 9.91. The van der Waals surface area contributed by atoms with E-state index >= 15 is 0 Å². The third-order valence-corrected chi connectivity index (χ3v) is 3.65. The fraction of sp³-hybridized carbons (Fsp3) is 0.500. The molecule has 0 saturated carbocycles. The quantitative estimate of drug-likeness (QED) is 0.943. The number of aromatic nitrogens is 3. The van der Waals surface area contributed by atoms with Crippen LogP contribution in [0.4, 0.5) is 5.13 Å². The lowest BCUT2D eigenvalue weighted by molar-refractivity contribution is 0.497. The van der Waals surface area contributed by atoms with Gasteiger partial charge in [-0.05, 0) is 12.5 Å². The van der Waals surface area contributed by atoms with Crippen LogP contribution in [0.3, 0.4) is 0 Å². The summed E-state index contributed by atoms with van der Waals surface area (Å²) in [6, 6.07) is 1.84. The molecule has 0 aliphatic carbocycles. The van der Waals surface area contributed by atoms with Crippen LogP contribution in [0, 0.1) is 0 Å². The Balaban J connectivity index is 2.66. The summed E-state index contributed by atoms with van der Waals surface area (Å²) in [6.45, 7) is 8.87. The molecule has 0 unspecified atom stereocenters. The highest BCUT2D eigenvalue weighted by Gasteiger charge is 2.20. The van der Waals surface area contributed by atoms with Gasteiger partial charge in [-0.25, -0.2) is 9.67 Å². The number of hydrogen-bond donors (Lipinski definition) is 1. The van der Waals surface area contributed by atoms with Crippen LogP contribution in [0.15, 0.2) is 16.2 Å². The number of anilines is 1. The highest BCUT2D eigenvalue weighted by Crippen LogP contribution is 2.25. The molecular weight excluding hydrogens is 272 g/mol. The van der Waals surface area contributed by atoms with Crippen LogP contribution in [0.25, 0.3) is 11.3 Å². The van der Waals surface area contributed by atoms with Crippen molar-refractivity contribution in [2.24, 2.45) is 0 Å². The van der Waals surface area contributed by atoms with Gasteiger partial charge >= 0.3 is 0 Å². The minimum Gasteiger partial charge on any atom is -0.375 e. The molecule has 2 N–H and O–H groups in total. The first-order valence-electron chi connectivity index (χ1n) is 6.67. The second-order valence-electron chi connectivity index (χ2n) is 5.79. The number of nitrogens with zero attached hydrogens (tertiary/aromatic N) is 3. The molecule has 2 aromatic rings. The summed E-state index contributed by atoms with van der Waals surface area (Å²) in [5.74, 6) is 0. The number of aryl methyl sites for hydroxylation is 1. The summed E-state index contributed by atoms with van der Waals surface area (Å²) in [7, 11) is 0. The van der Waals surface area contributed by atoms with Crippen molar-refractivity contribution in [3.8, 4) is 11.3 Å². The summed E-state index contributed by atoms with van der Waals surface area (Å²) in [4.78, 5) is 16.7. The van der Waals surface area contributed by atoms with Gasteiger partial charge in [0.05, 0.1) is 17.0 Å². The molecule has 2 aromatic heterocycles. The number of nitrogen functional groups attached to an aromatic ring is 1. The minimum absolute atomic E-state index is 0.106. The molecule has 0 aliphatic rings. The van der Waals surface area contributed by atoms with Crippen LogP contribution in [-0.4, -0.2) is 14.8 Å². The Labute approximate surface area is 122 Å². The Morgan fingerprint density at radius 1 is 1.40 bits per heavy atom. The third-order valence-electron chi connectivity index (χ3n) is 2.98. The first kappa shape index (κ1) is 14.7. The van der Waals surface area contributed by atoms with E-state index in [0.29, 0.717) is 22.9 Å². The van der Waals surface area contributed by atoms with E-state index in [1.165, 1.54) is 16.0 Å². The standard InChI is InChI=1S/C14H20N4OS/c1-5-6-18-12(19)9(10-8-20-13(15)16-10)7-11(17-18)14(2,3)4/h7-8H,5-6H2,1-4H3,(H2,15,16). The van der Waals surface area contributed by atoms with Crippen LogP contribution in [0.5, 0.6) is 0 Å². The molecule has 0 radical (unpaired) electrons. The van der Waals surface area contributed by atoms with E-state index in [9.17, 15) is 4.79 Å². The molecule has 6 heteroatoms. The molecule has 0 aromatic carbocycles. The van der Waals surface area contributed by atoms with Crippen molar-refractivity contribution in [1.82, 2.24) is 14.8 Å². The molecule has 2 heterocycles. The molecule has 5 nitrogen and oxygen atoms in total. The first-order chi connectivity index (χ1) is 9.32. The molecule has 0 saturated heterocycles. The van der Waals surface area contributed by atoms with Crippen molar-refractivity contribution < 1.29 is 0 Å². The number of rotatable bonds is 3. The number of nitrogens with two attached hydrogens (primary N) is 1. The van der Waals surface area contributed by atoms with E-state index in [4.69, 9.17) is 5.73 Å². The zero-order valence-corrected chi connectivity index (χ0v) is 13.1. The minimum atomic E-state index is -0.125. The summed E-state index contributed by atoms with van der Waals surface area (Å²) in [6.07, 6.45) is 0.860. The Hall–Kier alpha value is -1.69. The second kappa shape index (κ2) is 5.36. The van der Waals surface area contributed by atoms with E-state index in [1.54, 1.807) is 0 Å². The molecule has 20 heavy (non-hydrogen) atoms. The van der Waals surface area contributed by atoms with Gasteiger partial charge in [-0.3, -0.25) is 4.79 Å². The van der Waals surface area contributed by atoms with Gasteiger partial charge in [-0.15, -0.1) is 11.3 Å². The van der Waals surface area contributed by atoms with E-state index in [1.807, 2.05) is 18.4 Å². The third kappa shape index (κ3) is 2.90. The fourth-order valence-corrected chi connectivity index (χ4v) is 2.43. The molecule has 0 bridgehead atoms. The largest absolute Gasteiger partial charge is 0.375 e. The number of thiazole rings is 1. The monoisotopic (exact) mass is 292 g/mol. The predicted molar refractivity (Wildman–Crippen MR) is 83.0 cm³/mol. The molecule has 0 fully saturated rings. The molecule has 0 spiro atoms. The van der Waals surface area contributed by atoms with Crippen molar-refractivity contribution in [1.29, 1.82) is 0 Å². The summed E-state index contributed by atoms with van der Waals surface area (Å²) in [5, 5.41) is 6.76. The predicted octanol–water partition coefficient (Wildman–Crippen LogP) is 2.66. The normalized spacial score (nSPS) is 11.8. The average Bonchev–Trinajstić information content (AvgIpc) is 2.77. The lowest BCUT2D eigenvalue weighted by Gasteiger charge is -2.19. The number of hydrogen-bond acceptors (Lipinski definition) is 5. The smallest absolute Gasteiger partial charge is 0.276 e. The summed E-state index contributed by atoms with van der Waals surface area (Å²) >= 11 is 1.34. The highest BCUT2D eigenvalue weighted by molar-refractivity contribution is 7.13. The summed E-state index contributed by atoms with van der Waals surface area (Å²) < 4.78 is 1.53. The van der Waals surface area contributed by atoms with Gasteiger partial charge in [0.2, 0.25) is 0 Å². The maximum atomic E-state index is 12.5. The van der Waals surface area contributed by atoms with Gasteiger partial charge < -0.3 is 5.73 Å². The molecule has 0 atom stereocenters. The van der Waals surface area contributed by atoms with Gasteiger partial charge in [0.1, 0.15) is 0 Å².